The van der Waals surface area contributed by atoms with E-state index in [1.54, 1.807) is 13.0 Å². The maximum Gasteiger partial charge on any atom is 0.263 e. The van der Waals surface area contributed by atoms with Crippen LogP contribution in [0.1, 0.15) is 33.9 Å². The maximum absolute atomic E-state index is 12.1. The van der Waals surface area contributed by atoms with Gasteiger partial charge in [0, 0.05) is 5.02 Å². The molecule has 0 aliphatic heterocycles. The Morgan fingerprint density at radius 2 is 2.26 bits per heavy atom. The highest BCUT2D eigenvalue weighted by Crippen LogP contribution is 2.22. The molecule has 4 nitrogen and oxygen atoms in total. The Balaban J connectivity index is 2.13. The standard InChI is InChI=1S/C13H14ClN3OS/c1-7(9-4-3-5-10(14)6-9)16-12(18)11-8(2)17-13(15)19-11/h3-7H,1-2H3,(H2,15,17)(H,16,18)/t7-/m1/s1. The van der Waals surface area contributed by atoms with Gasteiger partial charge >= 0.3 is 0 Å². The van der Waals surface area contributed by atoms with Gasteiger partial charge in [0.15, 0.2) is 5.13 Å². The van der Waals surface area contributed by atoms with Crippen molar-refractivity contribution in [1.29, 1.82) is 0 Å². The van der Waals surface area contributed by atoms with Crippen LogP contribution in [0.2, 0.25) is 5.02 Å². The molecule has 2 rings (SSSR count). The number of aryl methyl sites for hydroxylation is 1. The number of hydrogen-bond donors (Lipinski definition) is 2. The average molecular weight is 296 g/mol. The van der Waals surface area contributed by atoms with Crippen molar-refractivity contribution in [2.24, 2.45) is 0 Å². The number of aromatic nitrogens is 1. The highest BCUT2D eigenvalue weighted by atomic mass is 35.5. The Hall–Kier alpha value is -1.59. The first-order valence-electron chi connectivity index (χ1n) is 5.76. The molecule has 0 aliphatic carbocycles. The highest BCUT2D eigenvalue weighted by molar-refractivity contribution is 7.17. The van der Waals surface area contributed by atoms with E-state index in [1.807, 2.05) is 25.1 Å². The monoisotopic (exact) mass is 295 g/mol. The number of carbonyl (C=O) groups is 1. The van der Waals surface area contributed by atoms with Gasteiger partial charge in [0.25, 0.3) is 5.91 Å². The van der Waals surface area contributed by atoms with Gasteiger partial charge in [-0.05, 0) is 31.5 Å². The molecule has 0 saturated heterocycles. The van der Waals surface area contributed by atoms with Crippen LogP contribution in [0.4, 0.5) is 5.13 Å². The van der Waals surface area contributed by atoms with Crippen LogP contribution in [-0.4, -0.2) is 10.9 Å². The van der Waals surface area contributed by atoms with Crippen molar-refractivity contribution in [2.75, 3.05) is 5.73 Å². The van der Waals surface area contributed by atoms with Crippen LogP contribution in [0.25, 0.3) is 0 Å². The molecule has 2 aromatic rings. The van der Waals surface area contributed by atoms with E-state index in [1.165, 1.54) is 11.3 Å². The summed E-state index contributed by atoms with van der Waals surface area (Å²) in [4.78, 5) is 16.7. The Morgan fingerprint density at radius 1 is 1.53 bits per heavy atom. The first-order chi connectivity index (χ1) is 8.97. The molecule has 1 atom stereocenters. The van der Waals surface area contributed by atoms with Crippen LogP contribution >= 0.6 is 22.9 Å². The van der Waals surface area contributed by atoms with Gasteiger partial charge in [0.05, 0.1) is 11.7 Å². The summed E-state index contributed by atoms with van der Waals surface area (Å²) in [5.41, 5.74) is 7.19. The van der Waals surface area contributed by atoms with E-state index in [0.29, 0.717) is 20.7 Å². The minimum absolute atomic E-state index is 0.131. The molecule has 6 heteroatoms. The van der Waals surface area contributed by atoms with Crippen molar-refractivity contribution in [3.63, 3.8) is 0 Å². The Morgan fingerprint density at radius 3 is 2.84 bits per heavy atom. The molecule has 0 unspecified atom stereocenters. The first-order valence-corrected chi connectivity index (χ1v) is 6.96. The minimum Gasteiger partial charge on any atom is -0.375 e. The summed E-state index contributed by atoms with van der Waals surface area (Å²) >= 11 is 7.13. The third kappa shape index (κ3) is 3.24. The number of hydrogen-bond acceptors (Lipinski definition) is 4. The number of nitrogens with one attached hydrogen (secondary N) is 1. The number of amides is 1. The molecule has 19 heavy (non-hydrogen) atoms. The third-order valence-corrected chi connectivity index (χ3v) is 3.94. The lowest BCUT2D eigenvalue weighted by atomic mass is 10.1. The smallest absolute Gasteiger partial charge is 0.263 e. The number of carbonyl (C=O) groups excluding carboxylic acids is 1. The van der Waals surface area contributed by atoms with Gasteiger partial charge in [-0.2, -0.15) is 0 Å². The summed E-state index contributed by atoms with van der Waals surface area (Å²) in [6.45, 7) is 3.68. The molecule has 3 N–H and O–H groups in total. The van der Waals surface area contributed by atoms with Gasteiger partial charge in [-0.25, -0.2) is 4.98 Å². The maximum atomic E-state index is 12.1. The van der Waals surface area contributed by atoms with Crippen molar-refractivity contribution >= 4 is 34.0 Å². The van der Waals surface area contributed by atoms with Crippen molar-refractivity contribution in [2.45, 2.75) is 19.9 Å². The summed E-state index contributed by atoms with van der Waals surface area (Å²) < 4.78 is 0. The number of halogens is 1. The van der Waals surface area contributed by atoms with Gasteiger partial charge in [0.2, 0.25) is 0 Å². The quantitative estimate of drug-likeness (QED) is 0.914. The second-order valence-electron chi connectivity index (χ2n) is 4.22. The van der Waals surface area contributed by atoms with Crippen molar-refractivity contribution in [3.05, 3.63) is 45.4 Å². The lowest BCUT2D eigenvalue weighted by molar-refractivity contribution is 0.0943. The molecule has 0 fully saturated rings. The van der Waals surface area contributed by atoms with Crippen molar-refractivity contribution in [3.8, 4) is 0 Å². The molecule has 1 aromatic carbocycles. The molecule has 0 aliphatic rings. The fraction of sp³-hybridized carbons (Fsp3) is 0.231. The second kappa shape index (κ2) is 5.59. The van der Waals surface area contributed by atoms with E-state index in [0.717, 1.165) is 5.56 Å². The summed E-state index contributed by atoms with van der Waals surface area (Å²) in [5.74, 6) is -0.167. The summed E-state index contributed by atoms with van der Waals surface area (Å²) in [6, 6.07) is 7.28. The van der Waals surface area contributed by atoms with Gasteiger partial charge in [-0.1, -0.05) is 35.1 Å². The van der Waals surface area contributed by atoms with E-state index >= 15 is 0 Å². The Labute approximate surface area is 120 Å². The van der Waals surface area contributed by atoms with Crippen LogP contribution in [0.3, 0.4) is 0 Å². The predicted molar refractivity (Wildman–Crippen MR) is 78.6 cm³/mol. The number of nitrogens with two attached hydrogens (primary N) is 1. The fourth-order valence-electron chi connectivity index (χ4n) is 1.75. The highest BCUT2D eigenvalue weighted by Gasteiger charge is 2.17. The number of nitrogen functional groups attached to an aromatic ring is 1. The Kier molecular flexibility index (Phi) is 4.07. The SMILES string of the molecule is Cc1nc(N)sc1C(=O)N[C@H](C)c1cccc(Cl)c1. The largest absolute Gasteiger partial charge is 0.375 e. The summed E-state index contributed by atoms with van der Waals surface area (Å²) in [5, 5.41) is 3.96. The molecule has 0 spiro atoms. The lowest BCUT2D eigenvalue weighted by Crippen LogP contribution is -2.26. The zero-order valence-corrected chi connectivity index (χ0v) is 12.2. The number of anilines is 1. The zero-order chi connectivity index (χ0) is 14.0. The summed E-state index contributed by atoms with van der Waals surface area (Å²) in [7, 11) is 0. The molecular weight excluding hydrogens is 282 g/mol. The number of thiazole rings is 1. The zero-order valence-electron chi connectivity index (χ0n) is 10.6. The predicted octanol–water partition coefficient (Wildman–Crippen LogP) is 3.18. The second-order valence-corrected chi connectivity index (χ2v) is 5.68. The van der Waals surface area contributed by atoms with E-state index in [2.05, 4.69) is 10.3 Å². The number of nitrogens with zero attached hydrogens (tertiary/aromatic N) is 1. The van der Waals surface area contributed by atoms with Gasteiger partial charge in [0.1, 0.15) is 4.88 Å². The lowest BCUT2D eigenvalue weighted by Gasteiger charge is -2.14. The molecule has 0 bridgehead atoms. The molecule has 0 saturated carbocycles. The van der Waals surface area contributed by atoms with Gasteiger partial charge < -0.3 is 11.1 Å². The number of benzene rings is 1. The molecular formula is C13H14ClN3OS. The summed E-state index contributed by atoms with van der Waals surface area (Å²) in [6.07, 6.45) is 0. The van der Waals surface area contributed by atoms with Gasteiger partial charge in [-0.3, -0.25) is 4.79 Å². The molecule has 0 radical (unpaired) electrons. The third-order valence-electron chi connectivity index (χ3n) is 2.72. The van der Waals surface area contributed by atoms with Crippen LogP contribution < -0.4 is 11.1 Å². The minimum atomic E-state index is -0.167. The van der Waals surface area contributed by atoms with E-state index in [9.17, 15) is 4.79 Å². The van der Waals surface area contributed by atoms with E-state index in [-0.39, 0.29) is 11.9 Å². The normalized spacial score (nSPS) is 12.2. The average Bonchev–Trinajstić information content (AvgIpc) is 2.68. The van der Waals surface area contributed by atoms with Crippen molar-refractivity contribution < 1.29 is 4.79 Å². The fourth-order valence-corrected chi connectivity index (χ4v) is 2.68. The van der Waals surface area contributed by atoms with Crippen LogP contribution in [0, 0.1) is 6.92 Å². The molecule has 100 valence electrons. The Bertz CT molecular complexity index is 612. The molecule has 1 amide bonds. The van der Waals surface area contributed by atoms with Crippen LogP contribution in [-0.2, 0) is 0 Å². The topological polar surface area (TPSA) is 68.0 Å². The van der Waals surface area contributed by atoms with E-state index < -0.39 is 0 Å². The van der Waals surface area contributed by atoms with Crippen molar-refractivity contribution in [1.82, 2.24) is 10.3 Å². The number of rotatable bonds is 3. The molecule has 1 heterocycles. The van der Waals surface area contributed by atoms with Crippen LogP contribution in [0.15, 0.2) is 24.3 Å². The van der Waals surface area contributed by atoms with E-state index in [4.69, 9.17) is 17.3 Å². The first kappa shape index (κ1) is 13.8. The van der Waals surface area contributed by atoms with Crippen LogP contribution in [0.5, 0.6) is 0 Å². The van der Waals surface area contributed by atoms with Gasteiger partial charge in [-0.15, -0.1) is 0 Å². The molecule has 1 aromatic heterocycles.